The minimum atomic E-state index is -0.141. The van der Waals surface area contributed by atoms with Gasteiger partial charge in [-0.05, 0) is 47.9 Å². The van der Waals surface area contributed by atoms with Crippen LogP contribution in [0, 0.1) is 6.92 Å². The Morgan fingerprint density at radius 1 is 1.19 bits per heavy atom. The first-order chi connectivity index (χ1) is 13.1. The Balaban J connectivity index is 1.44. The second kappa shape index (κ2) is 7.29. The van der Waals surface area contributed by atoms with E-state index in [9.17, 15) is 4.79 Å². The van der Waals surface area contributed by atoms with Gasteiger partial charge in [-0.2, -0.15) is 5.10 Å². The molecule has 2 aromatic carbocycles. The van der Waals surface area contributed by atoms with Gasteiger partial charge in [0.05, 0.1) is 6.54 Å². The van der Waals surface area contributed by atoms with Crippen molar-refractivity contribution in [1.29, 1.82) is 0 Å². The molecule has 5 nitrogen and oxygen atoms in total. The van der Waals surface area contributed by atoms with Crippen LogP contribution in [-0.2, 0) is 13.1 Å². The first-order valence-corrected chi connectivity index (χ1v) is 9.08. The van der Waals surface area contributed by atoms with E-state index in [1.165, 1.54) is 0 Å². The fourth-order valence-electron chi connectivity index (χ4n) is 3.09. The normalized spacial score (nSPS) is 11.0. The zero-order chi connectivity index (χ0) is 18.8. The Hall–Kier alpha value is -3.05. The molecule has 0 atom stereocenters. The number of halogens is 1. The number of aryl methyl sites for hydroxylation is 1. The average molecular weight is 379 g/mol. The molecule has 0 aliphatic rings. The van der Waals surface area contributed by atoms with Gasteiger partial charge in [-0.25, -0.2) is 0 Å². The highest BCUT2D eigenvalue weighted by Gasteiger charge is 2.11. The Bertz CT molecular complexity index is 1060. The maximum Gasteiger partial charge on any atom is 0.267 e. The standard InChI is InChI=1S/C21H19ClN4O/c1-14-8-17-10-20(25-19(17)11-18(14)22)21(27)23-12-15-4-2-5-16(9-15)13-26-7-3-6-24-26/h2-11,25H,12-13H2,1H3,(H,23,27). The minimum absolute atomic E-state index is 0.141. The molecule has 136 valence electrons. The van der Waals surface area contributed by atoms with Crippen molar-refractivity contribution < 1.29 is 4.79 Å². The molecule has 0 saturated carbocycles. The molecule has 1 amide bonds. The predicted octanol–water partition coefficient (Wildman–Crippen LogP) is 4.30. The number of fused-ring (bicyclic) bond motifs is 1. The fourth-order valence-corrected chi connectivity index (χ4v) is 3.25. The summed E-state index contributed by atoms with van der Waals surface area (Å²) >= 11 is 6.16. The number of aromatic amines is 1. The molecule has 2 heterocycles. The molecule has 2 aromatic heterocycles. The van der Waals surface area contributed by atoms with Gasteiger partial charge in [0.15, 0.2) is 0 Å². The van der Waals surface area contributed by atoms with Crippen molar-refractivity contribution in [2.75, 3.05) is 0 Å². The second-order valence-corrected chi connectivity index (χ2v) is 6.99. The van der Waals surface area contributed by atoms with Gasteiger partial charge in [0.1, 0.15) is 5.69 Å². The smallest absolute Gasteiger partial charge is 0.267 e. The summed E-state index contributed by atoms with van der Waals surface area (Å²) in [5, 5.41) is 8.85. The van der Waals surface area contributed by atoms with Crippen molar-refractivity contribution in [3.05, 3.63) is 88.3 Å². The lowest BCUT2D eigenvalue weighted by atomic mass is 10.1. The monoisotopic (exact) mass is 378 g/mol. The zero-order valence-corrected chi connectivity index (χ0v) is 15.6. The minimum Gasteiger partial charge on any atom is -0.350 e. The number of rotatable bonds is 5. The molecule has 0 aliphatic heterocycles. The van der Waals surface area contributed by atoms with Crippen LogP contribution >= 0.6 is 11.6 Å². The topological polar surface area (TPSA) is 62.7 Å². The van der Waals surface area contributed by atoms with E-state index >= 15 is 0 Å². The summed E-state index contributed by atoms with van der Waals surface area (Å²) in [5.41, 5.74) is 4.56. The Morgan fingerprint density at radius 2 is 2.04 bits per heavy atom. The molecule has 4 aromatic rings. The molecule has 4 rings (SSSR count). The molecular formula is C21H19ClN4O. The SMILES string of the molecule is Cc1cc2cc(C(=O)NCc3cccc(Cn4cccn4)c3)[nH]c2cc1Cl. The number of benzene rings is 2. The van der Waals surface area contributed by atoms with Crippen LogP contribution in [0.15, 0.2) is 60.9 Å². The van der Waals surface area contributed by atoms with Crippen LogP contribution in [0.5, 0.6) is 0 Å². The van der Waals surface area contributed by atoms with Crippen molar-refractivity contribution in [2.45, 2.75) is 20.0 Å². The third kappa shape index (κ3) is 3.88. The average Bonchev–Trinajstić information content (AvgIpc) is 3.30. The summed E-state index contributed by atoms with van der Waals surface area (Å²) < 4.78 is 1.87. The molecule has 0 bridgehead atoms. The quantitative estimate of drug-likeness (QED) is 0.543. The molecule has 2 N–H and O–H groups in total. The first kappa shape index (κ1) is 17.4. The van der Waals surface area contributed by atoms with E-state index in [4.69, 9.17) is 11.6 Å². The van der Waals surface area contributed by atoms with E-state index in [2.05, 4.69) is 27.5 Å². The van der Waals surface area contributed by atoms with Crippen LogP contribution in [0.3, 0.4) is 0 Å². The van der Waals surface area contributed by atoms with E-state index in [1.807, 2.05) is 54.2 Å². The highest BCUT2D eigenvalue weighted by atomic mass is 35.5. The van der Waals surface area contributed by atoms with Gasteiger partial charge in [0, 0.05) is 34.9 Å². The lowest BCUT2D eigenvalue weighted by Gasteiger charge is -2.07. The van der Waals surface area contributed by atoms with Crippen molar-refractivity contribution in [3.8, 4) is 0 Å². The van der Waals surface area contributed by atoms with Crippen molar-refractivity contribution in [2.24, 2.45) is 0 Å². The number of nitrogens with one attached hydrogen (secondary N) is 2. The van der Waals surface area contributed by atoms with Gasteiger partial charge in [-0.1, -0.05) is 35.9 Å². The first-order valence-electron chi connectivity index (χ1n) is 8.71. The summed E-state index contributed by atoms with van der Waals surface area (Å²) in [7, 11) is 0. The second-order valence-electron chi connectivity index (χ2n) is 6.58. The van der Waals surface area contributed by atoms with E-state index in [-0.39, 0.29) is 5.91 Å². The van der Waals surface area contributed by atoms with Gasteiger partial charge in [0.2, 0.25) is 0 Å². The maximum absolute atomic E-state index is 12.5. The van der Waals surface area contributed by atoms with Crippen LogP contribution < -0.4 is 5.32 Å². The molecular weight excluding hydrogens is 360 g/mol. The zero-order valence-electron chi connectivity index (χ0n) is 14.9. The van der Waals surface area contributed by atoms with Gasteiger partial charge in [-0.3, -0.25) is 9.48 Å². The number of hydrogen-bond acceptors (Lipinski definition) is 2. The van der Waals surface area contributed by atoms with Crippen molar-refractivity contribution in [1.82, 2.24) is 20.1 Å². The lowest BCUT2D eigenvalue weighted by Crippen LogP contribution is -2.23. The van der Waals surface area contributed by atoms with Gasteiger partial charge in [0.25, 0.3) is 5.91 Å². The lowest BCUT2D eigenvalue weighted by molar-refractivity contribution is 0.0946. The van der Waals surface area contributed by atoms with Gasteiger partial charge < -0.3 is 10.3 Å². The predicted molar refractivity (Wildman–Crippen MR) is 107 cm³/mol. The molecule has 0 unspecified atom stereocenters. The van der Waals surface area contributed by atoms with Crippen LogP contribution in [0.1, 0.15) is 27.2 Å². The Morgan fingerprint density at radius 3 is 2.85 bits per heavy atom. The number of carbonyl (C=O) groups excluding carboxylic acids is 1. The number of amides is 1. The fraction of sp³-hybridized carbons (Fsp3) is 0.143. The van der Waals surface area contributed by atoms with E-state index in [1.54, 1.807) is 6.20 Å². The largest absolute Gasteiger partial charge is 0.350 e. The molecule has 0 radical (unpaired) electrons. The number of carbonyl (C=O) groups is 1. The third-order valence-electron chi connectivity index (χ3n) is 4.49. The summed E-state index contributed by atoms with van der Waals surface area (Å²) in [5.74, 6) is -0.141. The van der Waals surface area contributed by atoms with Crippen LogP contribution in [-0.4, -0.2) is 20.7 Å². The van der Waals surface area contributed by atoms with Crippen molar-refractivity contribution >= 4 is 28.4 Å². The summed E-state index contributed by atoms with van der Waals surface area (Å²) in [6.45, 7) is 3.11. The number of H-pyrrole nitrogens is 1. The number of hydrogen-bond donors (Lipinski definition) is 2. The van der Waals surface area contributed by atoms with Crippen LogP contribution in [0.25, 0.3) is 10.9 Å². The van der Waals surface area contributed by atoms with Gasteiger partial charge >= 0.3 is 0 Å². The third-order valence-corrected chi connectivity index (χ3v) is 4.90. The summed E-state index contributed by atoms with van der Waals surface area (Å²) in [6.07, 6.45) is 3.69. The van der Waals surface area contributed by atoms with Crippen LogP contribution in [0.2, 0.25) is 5.02 Å². The van der Waals surface area contributed by atoms with E-state index < -0.39 is 0 Å². The molecule has 0 aliphatic carbocycles. The molecule has 0 spiro atoms. The summed E-state index contributed by atoms with van der Waals surface area (Å²) in [4.78, 5) is 15.6. The Kier molecular flexibility index (Phi) is 4.69. The maximum atomic E-state index is 12.5. The van der Waals surface area contributed by atoms with Crippen LogP contribution in [0.4, 0.5) is 0 Å². The number of nitrogens with zero attached hydrogens (tertiary/aromatic N) is 2. The van der Waals surface area contributed by atoms with E-state index in [0.29, 0.717) is 23.8 Å². The number of aromatic nitrogens is 3. The molecule has 0 saturated heterocycles. The Labute approximate surface area is 162 Å². The molecule has 27 heavy (non-hydrogen) atoms. The molecule has 0 fully saturated rings. The molecule has 6 heteroatoms. The summed E-state index contributed by atoms with van der Waals surface area (Å²) in [6, 6.07) is 15.7. The van der Waals surface area contributed by atoms with Crippen molar-refractivity contribution in [3.63, 3.8) is 0 Å². The van der Waals surface area contributed by atoms with E-state index in [0.717, 1.165) is 27.6 Å². The highest BCUT2D eigenvalue weighted by Crippen LogP contribution is 2.24. The highest BCUT2D eigenvalue weighted by molar-refractivity contribution is 6.32. The van der Waals surface area contributed by atoms with Gasteiger partial charge in [-0.15, -0.1) is 0 Å².